The zero-order valence-electron chi connectivity index (χ0n) is 12.3. The fraction of sp³-hybridized carbons (Fsp3) is 0.562. The Labute approximate surface area is 120 Å². The fourth-order valence-electron chi connectivity index (χ4n) is 1.81. The number of hydrogen-bond acceptors (Lipinski definition) is 3. The van der Waals surface area contributed by atoms with Gasteiger partial charge in [-0.05, 0) is 30.9 Å². The Hall–Kier alpha value is -1.55. The summed E-state index contributed by atoms with van der Waals surface area (Å²) in [6.07, 6.45) is 3.03. The van der Waals surface area contributed by atoms with Crippen LogP contribution in [0.15, 0.2) is 24.3 Å². The molecular formula is C16H24O4. The molecule has 4 heteroatoms. The van der Waals surface area contributed by atoms with Gasteiger partial charge in [0.2, 0.25) is 0 Å². The first-order chi connectivity index (χ1) is 9.61. The van der Waals surface area contributed by atoms with E-state index < -0.39 is 5.97 Å². The number of ether oxygens (including phenoxy) is 2. The Morgan fingerprint density at radius 3 is 2.55 bits per heavy atom. The molecule has 0 aliphatic rings. The van der Waals surface area contributed by atoms with E-state index in [2.05, 4.69) is 13.8 Å². The van der Waals surface area contributed by atoms with Crippen LogP contribution in [0.4, 0.5) is 0 Å². The highest BCUT2D eigenvalue weighted by Crippen LogP contribution is 2.17. The first kappa shape index (κ1) is 16.5. The lowest BCUT2D eigenvalue weighted by Gasteiger charge is -2.09. The SMILES string of the molecule is CC(C)CCCOCCCOc1ccccc1C(=O)O. The number of para-hydroxylation sites is 1. The molecule has 0 radical (unpaired) electrons. The van der Waals surface area contributed by atoms with E-state index in [1.54, 1.807) is 24.3 Å². The van der Waals surface area contributed by atoms with Gasteiger partial charge in [-0.15, -0.1) is 0 Å². The molecule has 1 N–H and O–H groups in total. The van der Waals surface area contributed by atoms with Crippen molar-refractivity contribution in [3.8, 4) is 5.75 Å². The molecule has 0 aromatic heterocycles. The summed E-state index contributed by atoms with van der Waals surface area (Å²) in [7, 11) is 0. The van der Waals surface area contributed by atoms with Crippen molar-refractivity contribution in [2.75, 3.05) is 19.8 Å². The van der Waals surface area contributed by atoms with Crippen molar-refractivity contribution in [2.24, 2.45) is 5.92 Å². The zero-order chi connectivity index (χ0) is 14.8. The molecule has 0 heterocycles. The molecule has 0 fully saturated rings. The normalized spacial score (nSPS) is 10.8. The quantitative estimate of drug-likeness (QED) is 0.665. The van der Waals surface area contributed by atoms with Gasteiger partial charge in [0.15, 0.2) is 0 Å². The number of hydrogen-bond donors (Lipinski definition) is 1. The number of carboxylic acids is 1. The first-order valence-corrected chi connectivity index (χ1v) is 7.14. The summed E-state index contributed by atoms with van der Waals surface area (Å²) in [4.78, 5) is 11.0. The molecule has 0 aliphatic carbocycles. The van der Waals surface area contributed by atoms with Crippen LogP contribution < -0.4 is 4.74 Å². The highest BCUT2D eigenvalue weighted by atomic mass is 16.5. The lowest BCUT2D eigenvalue weighted by atomic mass is 10.1. The van der Waals surface area contributed by atoms with E-state index in [0.717, 1.165) is 25.4 Å². The number of aromatic carboxylic acids is 1. The van der Waals surface area contributed by atoms with Gasteiger partial charge in [-0.3, -0.25) is 0 Å². The van der Waals surface area contributed by atoms with E-state index in [0.29, 0.717) is 19.0 Å². The third-order valence-corrected chi connectivity index (χ3v) is 2.88. The van der Waals surface area contributed by atoms with Crippen molar-refractivity contribution in [3.63, 3.8) is 0 Å². The minimum absolute atomic E-state index is 0.199. The topological polar surface area (TPSA) is 55.8 Å². The first-order valence-electron chi connectivity index (χ1n) is 7.14. The van der Waals surface area contributed by atoms with E-state index in [-0.39, 0.29) is 5.56 Å². The minimum Gasteiger partial charge on any atom is -0.493 e. The van der Waals surface area contributed by atoms with Gasteiger partial charge >= 0.3 is 5.97 Å². The van der Waals surface area contributed by atoms with Gasteiger partial charge in [0.05, 0.1) is 6.61 Å². The van der Waals surface area contributed by atoms with E-state index in [1.807, 2.05) is 0 Å². The van der Waals surface area contributed by atoms with Gasteiger partial charge < -0.3 is 14.6 Å². The summed E-state index contributed by atoms with van der Waals surface area (Å²) in [6.45, 7) is 6.30. The third-order valence-electron chi connectivity index (χ3n) is 2.88. The van der Waals surface area contributed by atoms with Crippen LogP contribution in [0.1, 0.15) is 43.5 Å². The van der Waals surface area contributed by atoms with Crippen LogP contribution in [0.5, 0.6) is 5.75 Å². The molecule has 1 rings (SSSR count). The standard InChI is InChI=1S/C16H24O4/c1-13(2)7-5-10-19-11-6-12-20-15-9-4-3-8-14(15)16(17)18/h3-4,8-9,13H,5-7,10-12H2,1-2H3,(H,17,18). The molecule has 1 aromatic carbocycles. The second-order valence-corrected chi connectivity index (χ2v) is 5.15. The Morgan fingerprint density at radius 2 is 1.85 bits per heavy atom. The lowest BCUT2D eigenvalue weighted by molar-refractivity contribution is 0.0691. The van der Waals surface area contributed by atoms with Crippen molar-refractivity contribution in [3.05, 3.63) is 29.8 Å². The van der Waals surface area contributed by atoms with Crippen molar-refractivity contribution < 1.29 is 19.4 Å². The van der Waals surface area contributed by atoms with Gasteiger partial charge in [0, 0.05) is 19.6 Å². The maximum absolute atomic E-state index is 11.0. The van der Waals surface area contributed by atoms with Crippen LogP contribution in [0.2, 0.25) is 0 Å². The molecule has 0 saturated carbocycles. The Bertz CT molecular complexity index is 401. The molecule has 0 amide bonds. The molecule has 4 nitrogen and oxygen atoms in total. The Kier molecular flexibility index (Phi) is 7.73. The molecular weight excluding hydrogens is 256 g/mol. The minimum atomic E-state index is -0.967. The van der Waals surface area contributed by atoms with Crippen molar-refractivity contribution in [1.82, 2.24) is 0 Å². The van der Waals surface area contributed by atoms with E-state index in [1.165, 1.54) is 6.42 Å². The summed E-state index contributed by atoms with van der Waals surface area (Å²) in [6, 6.07) is 6.67. The van der Waals surface area contributed by atoms with E-state index >= 15 is 0 Å². The summed E-state index contributed by atoms with van der Waals surface area (Å²) in [5.41, 5.74) is 0.199. The second-order valence-electron chi connectivity index (χ2n) is 5.15. The predicted molar refractivity (Wildman–Crippen MR) is 78.4 cm³/mol. The average molecular weight is 280 g/mol. The molecule has 20 heavy (non-hydrogen) atoms. The molecule has 0 aliphatic heterocycles. The van der Waals surface area contributed by atoms with Crippen LogP contribution in [-0.4, -0.2) is 30.9 Å². The number of benzene rings is 1. The zero-order valence-corrected chi connectivity index (χ0v) is 12.3. The summed E-state index contributed by atoms with van der Waals surface area (Å²) < 4.78 is 11.0. The molecule has 0 saturated heterocycles. The average Bonchev–Trinajstić information content (AvgIpc) is 2.41. The van der Waals surface area contributed by atoms with Crippen LogP contribution in [0.25, 0.3) is 0 Å². The number of rotatable bonds is 10. The van der Waals surface area contributed by atoms with Crippen LogP contribution in [-0.2, 0) is 4.74 Å². The largest absolute Gasteiger partial charge is 0.493 e. The van der Waals surface area contributed by atoms with Gasteiger partial charge in [-0.1, -0.05) is 26.0 Å². The highest BCUT2D eigenvalue weighted by Gasteiger charge is 2.09. The number of carbonyl (C=O) groups is 1. The maximum atomic E-state index is 11.0. The molecule has 0 bridgehead atoms. The molecule has 112 valence electrons. The van der Waals surface area contributed by atoms with Gasteiger partial charge in [0.25, 0.3) is 0 Å². The maximum Gasteiger partial charge on any atom is 0.339 e. The summed E-state index contributed by atoms with van der Waals surface area (Å²) in [5.74, 6) is 0.166. The van der Waals surface area contributed by atoms with Crippen molar-refractivity contribution >= 4 is 5.97 Å². The van der Waals surface area contributed by atoms with Crippen LogP contribution in [0, 0.1) is 5.92 Å². The van der Waals surface area contributed by atoms with Gasteiger partial charge in [-0.25, -0.2) is 4.79 Å². The smallest absolute Gasteiger partial charge is 0.339 e. The molecule has 0 unspecified atom stereocenters. The van der Waals surface area contributed by atoms with Crippen molar-refractivity contribution in [2.45, 2.75) is 33.1 Å². The fourth-order valence-corrected chi connectivity index (χ4v) is 1.81. The van der Waals surface area contributed by atoms with E-state index in [4.69, 9.17) is 14.6 Å². The second kappa shape index (κ2) is 9.37. The Morgan fingerprint density at radius 1 is 1.15 bits per heavy atom. The monoisotopic (exact) mass is 280 g/mol. The predicted octanol–water partition coefficient (Wildman–Crippen LogP) is 3.61. The third kappa shape index (κ3) is 6.57. The molecule has 0 atom stereocenters. The van der Waals surface area contributed by atoms with Crippen LogP contribution >= 0.6 is 0 Å². The molecule has 0 spiro atoms. The van der Waals surface area contributed by atoms with Gasteiger partial charge in [0.1, 0.15) is 11.3 Å². The van der Waals surface area contributed by atoms with Gasteiger partial charge in [-0.2, -0.15) is 0 Å². The Balaban J connectivity index is 2.14. The van der Waals surface area contributed by atoms with E-state index in [9.17, 15) is 4.79 Å². The highest BCUT2D eigenvalue weighted by molar-refractivity contribution is 5.90. The van der Waals surface area contributed by atoms with Crippen molar-refractivity contribution in [1.29, 1.82) is 0 Å². The summed E-state index contributed by atoms with van der Waals surface area (Å²) >= 11 is 0. The lowest BCUT2D eigenvalue weighted by Crippen LogP contribution is -2.07. The van der Waals surface area contributed by atoms with Crippen LogP contribution in [0.3, 0.4) is 0 Å². The number of carboxylic acid groups (broad SMARTS) is 1. The summed E-state index contributed by atoms with van der Waals surface area (Å²) in [5, 5.41) is 9.01. The molecule has 1 aromatic rings.